The average Bonchev–Trinajstić information content (AvgIpc) is 2.34. The molecule has 0 bridgehead atoms. The molecule has 2 heterocycles. The minimum atomic E-state index is 0. The summed E-state index contributed by atoms with van der Waals surface area (Å²) < 4.78 is 0. The molecule has 3 N–H and O–H groups in total. The number of hydrogen-bond acceptors (Lipinski definition) is 4. The Kier molecular flexibility index (Phi) is 3.44. The summed E-state index contributed by atoms with van der Waals surface area (Å²) in [6, 6.07) is 0. The van der Waals surface area contributed by atoms with Gasteiger partial charge in [0.1, 0.15) is 5.52 Å². The van der Waals surface area contributed by atoms with E-state index >= 15 is 0 Å². The molecule has 0 amide bonds. The number of H-pyrrole nitrogens is 1. The summed E-state index contributed by atoms with van der Waals surface area (Å²) >= 11 is 5.53. The Balaban J connectivity index is 0.000000720. The molecule has 0 aliphatic heterocycles. The van der Waals surface area contributed by atoms with Gasteiger partial charge in [-0.2, -0.15) is 9.97 Å². The van der Waals surface area contributed by atoms with Gasteiger partial charge in [-0.1, -0.05) is 0 Å². The molecule has 0 unspecified atom stereocenters. The number of hydrogen-bond donors (Lipinski definition) is 2. The van der Waals surface area contributed by atoms with Crippen molar-refractivity contribution in [1.82, 2.24) is 19.9 Å². The number of nitrogens with zero attached hydrogens (tertiary/aromatic N) is 3. The Labute approximate surface area is 116 Å². The fourth-order valence-corrected chi connectivity index (χ4v) is 1.01. The second kappa shape index (κ2) is 3.99. The van der Waals surface area contributed by atoms with E-state index in [1.54, 1.807) is 0 Å². The van der Waals surface area contributed by atoms with Crippen LogP contribution in [-0.4, -0.2) is 71.3 Å². The Bertz CT molecular complexity index is 400. The Morgan fingerprint density at radius 1 is 1.42 bits per heavy atom. The van der Waals surface area contributed by atoms with Crippen molar-refractivity contribution in [3.8, 4) is 0 Å². The monoisotopic (exact) mass is 209 g/mol. The zero-order chi connectivity index (χ0) is 7.84. The Morgan fingerprint density at radius 3 is 2.92 bits per heavy atom. The minimum absolute atomic E-state index is 0. The molecule has 2 aromatic heterocycles. The number of nitrogens with one attached hydrogen (secondary N) is 1. The van der Waals surface area contributed by atoms with Gasteiger partial charge in [-0.15, -0.1) is 0 Å². The summed E-state index contributed by atoms with van der Waals surface area (Å²) in [4.78, 5) is 14.2. The average molecular weight is 210 g/mol. The Hall–Kier alpha value is 0.276. The molecule has 0 aliphatic carbocycles. The van der Waals surface area contributed by atoms with Crippen LogP contribution < -0.4 is 5.73 Å². The van der Waals surface area contributed by atoms with Gasteiger partial charge in [0.15, 0.2) is 11.5 Å². The van der Waals surface area contributed by atoms with Crippen LogP contribution in [0.25, 0.3) is 11.2 Å². The molecule has 12 heavy (non-hydrogen) atoms. The summed E-state index contributed by atoms with van der Waals surface area (Å²) in [7, 11) is 0. The molecule has 0 fully saturated rings. The summed E-state index contributed by atoms with van der Waals surface area (Å²) in [6.45, 7) is 0. The Morgan fingerprint density at radius 2 is 2.17 bits per heavy atom. The van der Waals surface area contributed by atoms with E-state index in [4.69, 9.17) is 17.3 Å². The molecule has 0 saturated carbocycles. The van der Waals surface area contributed by atoms with E-state index < -0.39 is 0 Å². The van der Waals surface area contributed by atoms with Crippen LogP contribution in [0.2, 0.25) is 5.28 Å². The number of nitrogen functional groups attached to an aromatic ring is 1. The number of fused-ring (bicyclic) bond motifs is 1. The number of aromatic amines is 1. The summed E-state index contributed by atoms with van der Waals surface area (Å²) in [5, 5.41) is 0.124. The van der Waals surface area contributed by atoms with Crippen molar-refractivity contribution in [1.29, 1.82) is 0 Å². The summed E-state index contributed by atoms with van der Waals surface area (Å²) in [5.74, 6) is 0.293. The van der Waals surface area contributed by atoms with E-state index in [0.717, 1.165) is 0 Å². The van der Waals surface area contributed by atoms with Crippen LogP contribution in [0.15, 0.2) is 6.33 Å². The van der Waals surface area contributed by atoms with E-state index in [-0.39, 0.29) is 56.7 Å². The number of aromatic nitrogens is 4. The molecule has 2 rings (SSSR count). The van der Waals surface area contributed by atoms with Crippen molar-refractivity contribution in [2.24, 2.45) is 0 Å². The summed E-state index contributed by atoms with van der Waals surface area (Å²) in [6.07, 6.45) is 1.49. The van der Waals surface area contributed by atoms with E-state index in [1.807, 2.05) is 0 Å². The topological polar surface area (TPSA) is 80.5 Å². The number of rotatable bonds is 0. The SMILES string of the molecule is Nc1nc(Cl)nc2[nH]cnc12.[KH]. The molecular formula is C5H5ClKN5. The van der Waals surface area contributed by atoms with Gasteiger partial charge in [-0.3, -0.25) is 0 Å². The molecule has 0 aliphatic rings. The molecular weight excluding hydrogens is 205 g/mol. The molecule has 5 nitrogen and oxygen atoms in total. The predicted octanol–water partition coefficient (Wildman–Crippen LogP) is -0.0600. The van der Waals surface area contributed by atoms with Gasteiger partial charge in [-0.05, 0) is 11.6 Å². The van der Waals surface area contributed by atoms with Crippen molar-refractivity contribution in [2.45, 2.75) is 0 Å². The van der Waals surface area contributed by atoms with Crippen molar-refractivity contribution >= 4 is 80.0 Å². The molecule has 2 aromatic rings. The number of halogens is 1. The van der Waals surface area contributed by atoms with Crippen LogP contribution >= 0.6 is 11.6 Å². The van der Waals surface area contributed by atoms with Crippen LogP contribution in [0.5, 0.6) is 0 Å². The van der Waals surface area contributed by atoms with E-state index in [2.05, 4.69) is 19.9 Å². The van der Waals surface area contributed by atoms with E-state index in [1.165, 1.54) is 6.33 Å². The van der Waals surface area contributed by atoms with Gasteiger partial charge in [0.25, 0.3) is 0 Å². The van der Waals surface area contributed by atoms with Gasteiger partial charge in [0.05, 0.1) is 6.33 Å². The maximum atomic E-state index is 5.53. The third-order valence-corrected chi connectivity index (χ3v) is 1.45. The van der Waals surface area contributed by atoms with Gasteiger partial charge in [0.2, 0.25) is 5.28 Å². The standard InChI is InChI=1S/C5H4ClN5.K.H/c6-5-10-3(7)2-4(11-5)9-1-8-2;;/h1H,(H3,7,8,9,10,11);;. The number of anilines is 1. The zero-order valence-corrected chi connectivity index (χ0v) is 6.13. The number of imidazole rings is 1. The fourth-order valence-electron chi connectivity index (χ4n) is 0.830. The third kappa shape index (κ3) is 1.78. The predicted molar refractivity (Wildman–Crippen MR) is 48.3 cm³/mol. The van der Waals surface area contributed by atoms with Crippen molar-refractivity contribution < 1.29 is 0 Å². The van der Waals surface area contributed by atoms with Crippen LogP contribution in [-0.2, 0) is 0 Å². The van der Waals surface area contributed by atoms with Gasteiger partial charge in [0, 0.05) is 0 Å². The maximum absolute atomic E-state index is 5.53. The fraction of sp³-hybridized carbons (Fsp3) is 0. The molecule has 0 spiro atoms. The molecule has 7 heteroatoms. The molecule has 0 radical (unpaired) electrons. The van der Waals surface area contributed by atoms with Crippen LogP contribution in [0, 0.1) is 0 Å². The van der Waals surface area contributed by atoms with Gasteiger partial charge < -0.3 is 10.7 Å². The molecule has 0 aromatic carbocycles. The van der Waals surface area contributed by atoms with Crippen molar-refractivity contribution in [3.05, 3.63) is 11.6 Å². The van der Waals surface area contributed by atoms with E-state index in [0.29, 0.717) is 17.0 Å². The molecule has 0 atom stereocenters. The van der Waals surface area contributed by atoms with Crippen LogP contribution in [0.1, 0.15) is 0 Å². The normalized spacial score (nSPS) is 9.75. The van der Waals surface area contributed by atoms with E-state index in [9.17, 15) is 0 Å². The van der Waals surface area contributed by atoms with Gasteiger partial charge >= 0.3 is 51.4 Å². The second-order valence-electron chi connectivity index (χ2n) is 1.98. The number of nitrogens with two attached hydrogens (primary N) is 1. The summed E-state index contributed by atoms with van der Waals surface area (Å²) in [5.41, 5.74) is 6.59. The third-order valence-electron chi connectivity index (χ3n) is 1.28. The first-order valence-corrected chi connectivity index (χ1v) is 3.27. The second-order valence-corrected chi connectivity index (χ2v) is 2.32. The molecule has 0 saturated heterocycles. The quantitative estimate of drug-likeness (QED) is 0.471. The van der Waals surface area contributed by atoms with Crippen molar-refractivity contribution in [3.63, 3.8) is 0 Å². The van der Waals surface area contributed by atoms with Crippen molar-refractivity contribution in [2.75, 3.05) is 5.73 Å². The van der Waals surface area contributed by atoms with Crippen LogP contribution in [0.3, 0.4) is 0 Å². The van der Waals surface area contributed by atoms with Gasteiger partial charge in [-0.25, -0.2) is 4.98 Å². The molecule has 58 valence electrons. The first kappa shape index (κ1) is 10.4. The first-order chi connectivity index (χ1) is 5.27. The zero-order valence-electron chi connectivity index (χ0n) is 5.37. The van der Waals surface area contributed by atoms with Crippen LogP contribution in [0.4, 0.5) is 5.82 Å². The first-order valence-electron chi connectivity index (χ1n) is 2.89.